The minimum Gasteiger partial charge on any atom is -0.326 e. The average molecular weight is 338 g/mol. The normalized spacial score (nSPS) is 23.5. The van der Waals surface area contributed by atoms with E-state index in [-0.39, 0.29) is 30.1 Å². The second-order valence-electron chi connectivity index (χ2n) is 6.51. The molecule has 3 rings (SSSR count). The first-order valence-corrected chi connectivity index (χ1v) is 8.04. The summed E-state index contributed by atoms with van der Waals surface area (Å²) < 4.78 is 0. The molecule has 1 saturated carbocycles. The largest absolute Gasteiger partial charge is 0.326 e. The van der Waals surface area contributed by atoms with Gasteiger partial charge in [0, 0.05) is 17.3 Å². The van der Waals surface area contributed by atoms with Gasteiger partial charge in [0.1, 0.15) is 0 Å². The lowest BCUT2D eigenvalue weighted by Gasteiger charge is -2.33. The van der Waals surface area contributed by atoms with Crippen LogP contribution in [0.25, 0.3) is 0 Å². The number of carbonyl (C=O) groups is 2. The maximum Gasteiger partial charge on any atom is 0.244 e. The van der Waals surface area contributed by atoms with Gasteiger partial charge in [-0.3, -0.25) is 9.59 Å². The van der Waals surface area contributed by atoms with Crippen molar-refractivity contribution in [3.63, 3.8) is 0 Å². The van der Waals surface area contributed by atoms with Gasteiger partial charge in [0.2, 0.25) is 11.8 Å². The maximum atomic E-state index is 12.5. The SMILES string of the molecule is CC1(C(=O)Nc2cccc(NC(=O)C3CC3)c2)CCCCN1.Cl. The van der Waals surface area contributed by atoms with Crippen LogP contribution in [0.2, 0.25) is 0 Å². The number of nitrogens with one attached hydrogen (secondary N) is 3. The zero-order valence-corrected chi connectivity index (χ0v) is 14.2. The van der Waals surface area contributed by atoms with Gasteiger partial charge in [0.25, 0.3) is 0 Å². The topological polar surface area (TPSA) is 70.2 Å². The van der Waals surface area contributed by atoms with Crippen LogP contribution in [0.4, 0.5) is 11.4 Å². The molecule has 0 radical (unpaired) electrons. The number of anilines is 2. The van der Waals surface area contributed by atoms with E-state index in [1.807, 2.05) is 31.2 Å². The molecule has 0 aromatic heterocycles. The maximum absolute atomic E-state index is 12.5. The van der Waals surface area contributed by atoms with Crippen molar-refractivity contribution in [3.8, 4) is 0 Å². The second kappa shape index (κ2) is 7.32. The lowest BCUT2D eigenvalue weighted by molar-refractivity contribution is -0.122. The average Bonchev–Trinajstić information content (AvgIpc) is 3.33. The monoisotopic (exact) mass is 337 g/mol. The lowest BCUT2D eigenvalue weighted by Crippen LogP contribution is -2.54. The molecular weight excluding hydrogens is 314 g/mol. The molecule has 1 aliphatic carbocycles. The molecule has 3 N–H and O–H groups in total. The van der Waals surface area contributed by atoms with E-state index in [1.54, 1.807) is 0 Å². The molecule has 2 amide bonds. The van der Waals surface area contributed by atoms with E-state index in [9.17, 15) is 9.59 Å². The van der Waals surface area contributed by atoms with Gasteiger partial charge in [0.15, 0.2) is 0 Å². The summed E-state index contributed by atoms with van der Waals surface area (Å²) in [6.45, 7) is 2.82. The Labute approximate surface area is 143 Å². The first-order valence-electron chi connectivity index (χ1n) is 8.04. The first kappa shape index (κ1) is 17.8. The number of halogens is 1. The highest BCUT2D eigenvalue weighted by Crippen LogP contribution is 2.30. The Kier molecular flexibility index (Phi) is 5.65. The molecule has 1 aromatic carbocycles. The summed E-state index contributed by atoms with van der Waals surface area (Å²) in [6, 6.07) is 7.34. The number of rotatable bonds is 4. The first-order chi connectivity index (χ1) is 10.6. The predicted octanol–water partition coefficient (Wildman–Crippen LogP) is 2.93. The summed E-state index contributed by atoms with van der Waals surface area (Å²) in [5, 5.41) is 9.16. The number of hydrogen-bond donors (Lipinski definition) is 3. The van der Waals surface area contributed by atoms with Crippen molar-refractivity contribution < 1.29 is 9.59 Å². The summed E-state index contributed by atoms with van der Waals surface area (Å²) in [6.07, 6.45) is 4.98. The van der Waals surface area contributed by atoms with Crippen LogP contribution in [0, 0.1) is 5.92 Å². The molecule has 1 saturated heterocycles. The zero-order valence-electron chi connectivity index (χ0n) is 13.4. The van der Waals surface area contributed by atoms with Gasteiger partial charge in [-0.05, 0) is 63.8 Å². The molecule has 1 aliphatic heterocycles. The Morgan fingerprint density at radius 2 is 1.87 bits per heavy atom. The highest BCUT2D eigenvalue weighted by Gasteiger charge is 2.34. The molecule has 1 aromatic rings. The van der Waals surface area contributed by atoms with Crippen LogP contribution in [-0.4, -0.2) is 23.9 Å². The van der Waals surface area contributed by atoms with Crippen LogP contribution in [0.3, 0.4) is 0 Å². The highest BCUT2D eigenvalue weighted by molar-refractivity contribution is 5.99. The zero-order chi connectivity index (χ0) is 15.6. The highest BCUT2D eigenvalue weighted by atomic mass is 35.5. The van der Waals surface area contributed by atoms with E-state index in [4.69, 9.17) is 0 Å². The summed E-state index contributed by atoms with van der Waals surface area (Å²) >= 11 is 0. The Bertz CT molecular complexity index is 581. The van der Waals surface area contributed by atoms with Gasteiger partial charge in [-0.2, -0.15) is 0 Å². The molecule has 0 bridgehead atoms. The van der Waals surface area contributed by atoms with Crippen molar-refractivity contribution in [3.05, 3.63) is 24.3 Å². The molecule has 6 heteroatoms. The molecule has 1 atom stereocenters. The molecule has 5 nitrogen and oxygen atoms in total. The fourth-order valence-corrected chi connectivity index (χ4v) is 2.78. The van der Waals surface area contributed by atoms with Crippen molar-refractivity contribution >= 4 is 35.6 Å². The Balaban J connectivity index is 0.00000192. The van der Waals surface area contributed by atoms with Gasteiger partial charge in [-0.1, -0.05) is 6.07 Å². The van der Waals surface area contributed by atoms with E-state index in [1.165, 1.54) is 0 Å². The van der Waals surface area contributed by atoms with Crippen molar-refractivity contribution in [2.24, 2.45) is 5.92 Å². The van der Waals surface area contributed by atoms with E-state index in [0.717, 1.165) is 44.3 Å². The second-order valence-corrected chi connectivity index (χ2v) is 6.51. The molecule has 23 heavy (non-hydrogen) atoms. The van der Waals surface area contributed by atoms with Crippen LogP contribution in [-0.2, 0) is 9.59 Å². The molecule has 126 valence electrons. The van der Waals surface area contributed by atoms with E-state index < -0.39 is 5.54 Å². The number of piperidine rings is 1. The summed E-state index contributed by atoms with van der Waals surface area (Å²) in [4.78, 5) is 24.3. The fraction of sp³-hybridized carbons (Fsp3) is 0.529. The minimum atomic E-state index is -0.508. The Hall–Kier alpha value is -1.59. The van der Waals surface area contributed by atoms with E-state index in [2.05, 4.69) is 16.0 Å². The quantitative estimate of drug-likeness (QED) is 0.791. The van der Waals surface area contributed by atoms with Crippen LogP contribution in [0.5, 0.6) is 0 Å². The van der Waals surface area contributed by atoms with Crippen molar-refractivity contribution in [1.29, 1.82) is 0 Å². The van der Waals surface area contributed by atoms with Crippen molar-refractivity contribution in [1.82, 2.24) is 5.32 Å². The molecule has 1 heterocycles. The van der Waals surface area contributed by atoms with E-state index >= 15 is 0 Å². The Morgan fingerprint density at radius 3 is 2.48 bits per heavy atom. The minimum absolute atomic E-state index is 0. The Morgan fingerprint density at radius 1 is 1.17 bits per heavy atom. The number of benzene rings is 1. The third kappa shape index (κ3) is 4.45. The van der Waals surface area contributed by atoms with Crippen LogP contribution in [0.15, 0.2) is 24.3 Å². The van der Waals surface area contributed by atoms with Gasteiger partial charge in [0.05, 0.1) is 5.54 Å². The standard InChI is InChI=1S/C17H23N3O2.ClH/c1-17(9-2-3-10-18-17)16(22)20-14-6-4-5-13(11-14)19-15(21)12-7-8-12;/h4-6,11-12,18H,2-3,7-10H2,1H3,(H,19,21)(H,20,22);1H. The molecule has 0 spiro atoms. The van der Waals surface area contributed by atoms with E-state index in [0.29, 0.717) is 5.69 Å². The smallest absolute Gasteiger partial charge is 0.244 e. The number of carbonyl (C=O) groups excluding carboxylic acids is 2. The third-order valence-electron chi connectivity index (χ3n) is 4.46. The predicted molar refractivity (Wildman–Crippen MR) is 93.9 cm³/mol. The van der Waals surface area contributed by atoms with Crippen LogP contribution < -0.4 is 16.0 Å². The van der Waals surface area contributed by atoms with Gasteiger partial charge >= 0.3 is 0 Å². The molecule has 1 unspecified atom stereocenters. The van der Waals surface area contributed by atoms with Gasteiger partial charge in [-0.25, -0.2) is 0 Å². The molecular formula is C17H24ClN3O2. The van der Waals surface area contributed by atoms with Gasteiger partial charge < -0.3 is 16.0 Å². The molecule has 2 aliphatic rings. The number of amides is 2. The number of hydrogen-bond acceptors (Lipinski definition) is 3. The fourth-order valence-electron chi connectivity index (χ4n) is 2.78. The molecule has 2 fully saturated rings. The van der Waals surface area contributed by atoms with Crippen LogP contribution in [0.1, 0.15) is 39.0 Å². The summed E-state index contributed by atoms with van der Waals surface area (Å²) in [5.41, 5.74) is 0.939. The van der Waals surface area contributed by atoms with Crippen molar-refractivity contribution in [2.75, 3.05) is 17.2 Å². The third-order valence-corrected chi connectivity index (χ3v) is 4.46. The van der Waals surface area contributed by atoms with Crippen LogP contribution >= 0.6 is 12.4 Å². The van der Waals surface area contributed by atoms with Crippen molar-refractivity contribution in [2.45, 2.75) is 44.6 Å². The summed E-state index contributed by atoms with van der Waals surface area (Å²) in [5.74, 6) is 0.228. The van der Waals surface area contributed by atoms with Gasteiger partial charge in [-0.15, -0.1) is 12.4 Å². The summed E-state index contributed by atoms with van der Waals surface area (Å²) in [7, 11) is 0. The lowest BCUT2D eigenvalue weighted by atomic mass is 9.90.